The highest BCUT2D eigenvalue weighted by Gasteiger charge is 2.45. The molecule has 3 aliphatic rings. The molecule has 10 heteroatoms. The number of piperidine rings is 2. The van der Waals surface area contributed by atoms with Gasteiger partial charge in [0.05, 0.1) is 11.1 Å². The number of benzene rings is 2. The molecule has 2 aromatic carbocycles. The van der Waals surface area contributed by atoms with Crippen molar-refractivity contribution in [2.24, 2.45) is 0 Å². The first-order valence-corrected chi connectivity index (χ1v) is 12.0. The minimum absolute atomic E-state index is 0.0646. The molecule has 1 atom stereocenters. The van der Waals surface area contributed by atoms with Crippen LogP contribution in [0.15, 0.2) is 42.5 Å². The third-order valence-electron chi connectivity index (χ3n) is 6.97. The summed E-state index contributed by atoms with van der Waals surface area (Å²) in [4.78, 5) is 52.9. The highest BCUT2D eigenvalue weighted by atomic mass is 19.3. The van der Waals surface area contributed by atoms with Crippen molar-refractivity contribution in [2.75, 3.05) is 18.4 Å². The number of amides is 4. The Hall–Kier alpha value is -3.66. The summed E-state index contributed by atoms with van der Waals surface area (Å²) in [6.45, 7) is 1.76. The molecule has 1 unspecified atom stereocenters. The molecule has 0 bridgehead atoms. The first-order chi connectivity index (χ1) is 17.2. The van der Waals surface area contributed by atoms with Crippen molar-refractivity contribution in [3.63, 3.8) is 0 Å². The SMILES string of the molecule is O=C1CCC(N2C(=O)c3cccc(NCc4ccc(CN5CCC(F)(F)CC5)cc4)c3C2=O)C(=O)N1. The summed E-state index contributed by atoms with van der Waals surface area (Å²) in [5.74, 6) is -4.73. The highest BCUT2D eigenvalue weighted by Crippen LogP contribution is 2.33. The summed E-state index contributed by atoms with van der Waals surface area (Å²) in [6.07, 6.45) is -0.0581. The largest absolute Gasteiger partial charge is 0.380 e. The Labute approximate surface area is 206 Å². The van der Waals surface area contributed by atoms with Crippen LogP contribution >= 0.6 is 0 Å². The molecule has 2 aromatic rings. The molecular formula is C26H26F2N4O4. The molecule has 3 heterocycles. The molecule has 0 aliphatic carbocycles. The Morgan fingerprint density at radius 2 is 1.64 bits per heavy atom. The lowest BCUT2D eigenvalue weighted by atomic mass is 10.0. The Morgan fingerprint density at radius 3 is 2.33 bits per heavy atom. The summed E-state index contributed by atoms with van der Waals surface area (Å²) in [5, 5.41) is 5.41. The van der Waals surface area contributed by atoms with Crippen molar-refractivity contribution >= 4 is 29.3 Å². The Morgan fingerprint density at radius 1 is 0.944 bits per heavy atom. The average molecular weight is 497 g/mol. The van der Waals surface area contributed by atoms with Crippen molar-refractivity contribution in [2.45, 2.75) is 50.7 Å². The summed E-state index contributed by atoms with van der Waals surface area (Å²) >= 11 is 0. The van der Waals surface area contributed by atoms with Crippen LogP contribution in [0, 0.1) is 0 Å². The van der Waals surface area contributed by atoms with Gasteiger partial charge in [0.1, 0.15) is 6.04 Å². The number of hydrogen-bond acceptors (Lipinski definition) is 6. The standard InChI is InChI=1S/C26H26F2N4O4/c27-26(28)10-12-31(13-11-26)15-17-6-4-16(5-7-17)14-29-19-3-1-2-18-22(19)25(36)32(24(18)35)20-8-9-21(33)30-23(20)34/h1-7,20,29H,8-15H2,(H,30,33,34). The normalized spacial score (nSPS) is 21.9. The van der Waals surface area contributed by atoms with Gasteiger partial charge in [-0.15, -0.1) is 0 Å². The molecule has 0 saturated carbocycles. The van der Waals surface area contributed by atoms with E-state index in [1.807, 2.05) is 29.2 Å². The van der Waals surface area contributed by atoms with Gasteiger partial charge in [0.15, 0.2) is 0 Å². The van der Waals surface area contributed by atoms with Gasteiger partial charge in [0.2, 0.25) is 11.8 Å². The predicted molar refractivity (Wildman–Crippen MR) is 126 cm³/mol. The molecule has 2 N–H and O–H groups in total. The number of carbonyl (C=O) groups excluding carboxylic acids is 4. The van der Waals surface area contributed by atoms with E-state index in [-0.39, 0.29) is 36.8 Å². The number of nitrogens with one attached hydrogen (secondary N) is 2. The van der Waals surface area contributed by atoms with Gasteiger partial charge in [-0.1, -0.05) is 30.3 Å². The minimum Gasteiger partial charge on any atom is -0.380 e. The molecule has 0 aromatic heterocycles. The third kappa shape index (κ3) is 4.73. The van der Waals surface area contributed by atoms with E-state index in [0.29, 0.717) is 31.9 Å². The van der Waals surface area contributed by atoms with Crippen LogP contribution in [0.25, 0.3) is 0 Å². The zero-order chi connectivity index (χ0) is 25.4. The van der Waals surface area contributed by atoms with Crippen LogP contribution in [0.2, 0.25) is 0 Å². The van der Waals surface area contributed by atoms with E-state index in [4.69, 9.17) is 0 Å². The van der Waals surface area contributed by atoms with E-state index < -0.39 is 35.6 Å². The smallest absolute Gasteiger partial charge is 0.264 e. The van der Waals surface area contributed by atoms with E-state index in [1.165, 1.54) is 0 Å². The fourth-order valence-electron chi connectivity index (χ4n) is 4.92. The van der Waals surface area contributed by atoms with Crippen LogP contribution < -0.4 is 10.6 Å². The van der Waals surface area contributed by atoms with Gasteiger partial charge >= 0.3 is 0 Å². The maximum atomic E-state index is 13.4. The molecule has 5 rings (SSSR count). The molecule has 2 saturated heterocycles. The zero-order valence-electron chi connectivity index (χ0n) is 19.6. The molecule has 188 valence electrons. The van der Waals surface area contributed by atoms with E-state index in [9.17, 15) is 28.0 Å². The topological polar surface area (TPSA) is 98.8 Å². The number of hydrogen-bond donors (Lipinski definition) is 2. The lowest BCUT2D eigenvalue weighted by Crippen LogP contribution is -2.54. The summed E-state index contributed by atoms with van der Waals surface area (Å²) in [7, 11) is 0. The van der Waals surface area contributed by atoms with Crippen LogP contribution in [0.3, 0.4) is 0 Å². The van der Waals surface area contributed by atoms with Crippen molar-refractivity contribution in [1.29, 1.82) is 0 Å². The number of imide groups is 2. The maximum absolute atomic E-state index is 13.4. The monoisotopic (exact) mass is 496 g/mol. The maximum Gasteiger partial charge on any atom is 0.264 e. The van der Waals surface area contributed by atoms with Crippen LogP contribution in [-0.2, 0) is 22.7 Å². The fourth-order valence-corrected chi connectivity index (χ4v) is 4.92. The molecule has 36 heavy (non-hydrogen) atoms. The number of nitrogens with zero attached hydrogens (tertiary/aromatic N) is 2. The quantitative estimate of drug-likeness (QED) is 0.597. The predicted octanol–water partition coefficient (Wildman–Crippen LogP) is 2.93. The number of rotatable bonds is 6. The number of alkyl halides is 2. The highest BCUT2D eigenvalue weighted by molar-refractivity contribution is 6.25. The number of halogens is 2. The summed E-state index contributed by atoms with van der Waals surface area (Å²) in [5.41, 5.74) is 2.90. The van der Waals surface area contributed by atoms with Crippen LogP contribution in [0.4, 0.5) is 14.5 Å². The summed E-state index contributed by atoms with van der Waals surface area (Å²) in [6, 6.07) is 11.7. The van der Waals surface area contributed by atoms with E-state index in [2.05, 4.69) is 10.6 Å². The van der Waals surface area contributed by atoms with Crippen molar-refractivity contribution in [3.05, 3.63) is 64.7 Å². The molecule has 2 fully saturated rings. The lowest BCUT2D eigenvalue weighted by molar-refractivity contribution is -0.136. The molecule has 0 spiro atoms. The average Bonchev–Trinajstić information content (AvgIpc) is 3.10. The fraction of sp³-hybridized carbons (Fsp3) is 0.385. The van der Waals surface area contributed by atoms with Gasteiger partial charge in [0, 0.05) is 51.1 Å². The van der Waals surface area contributed by atoms with Gasteiger partial charge in [0.25, 0.3) is 17.7 Å². The van der Waals surface area contributed by atoms with Gasteiger partial charge in [-0.25, -0.2) is 8.78 Å². The second-order valence-corrected chi connectivity index (χ2v) is 9.48. The first kappa shape index (κ1) is 24.1. The molecular weight excluding hydrogens is 470 g/mol. The second kappa shape index (κ2) is 9.42. The lowest BCUT2D eigenvalue weighted by Gasteiger charge is -2.31. The van der Waals surface area contributed by atoms with E-state index in [0.717, 1.165) is 16.0 Å². The van der Waals surface area contributed by atoms with Crippen LogP contribution in [0.5, 0.6) is 0 Å². The van der Waals surface area contributed by atoms with Crippen molar-refractivity contribution in [1.82, 2.24) is 15.1 Å². The molecule has 8 nitrogen and oxygen atoms in total. The second-order valence-electron chi connectivity index (χ2n) is 9.48. The number of likely N-dealkylation sites (tertiary alicyclic amines) is 1. The van der Waals surface area contributed by atoms with Gasteiger partial charge in [-0.05, 0) is 29.7 Å². The number of carbonyl (C=O) groups is 4. The van der Waals surface area contributed by atoms with E-state index >= 15 is 0 Å². The Balaban J connectivity index is 1.24. The molecule has 4 amide bonds. The summed E-state index contributed by atoms with van der Waals surface area (Å²) < 4.78 is 26.7. The van der Waals surface area contributed by atoms with Crippen molar-refractivity contribution in [3.8, 4) is 0 Å². The number of anilines is 1. The third-order valence-corrected chi connectivity index (χ3v) is 6.97. The Bertz CT molecular complexity index is 1220. The minimum atomic E-state index is -2.56. The van der Waals surface area contributed by atoms with Gasteiger partial charge in [-0.2, -0.15) is 0 Å². The van der Waals surface area contributed by atoms with Crippen LogP contribution in [0.1, 0.15) is 57.5 Å². The number of fused-ring (bicyclic) bond motifs is 1. The molecule has 0 radical (unpaired) electrons. The molecule has 3 aliphatic heterocycles. The van der Waals surface area contributed by atoms with E-state index in [1.54, 1.807) is 18.2 Å². The zero-order valence-corrected chi connectivity index (χ0v) is 19.6. The van der Waals surface area contributed by atoms with Gasteiger partial charge < -0.3 is 5.32 Å². The first-order valence-electron chi connectivity index (χ1n) is 12.0. The Kier molecular flexibility index (Phi) is 6.29. The van der Waals surface area contributed by atoms with Crippen LogP contribution in [-0.4, -0.2) is 58.5 Å². The van der Waals surface area contributed by atoms with Crippen molar-refractivity contribution < 1.29 is 28.0 Å². The van der Waals surface area contributed by atoms with Gasteiger partial charge in [-0.3, -0.25) is 34.3 Å².